The maximum atomic E-state index is 12.5. The lowest BCUT2D eigenvalue weighted by molar-refractivity contribution is -0.117. The fourth-order valence-electron chi connectivity index (χ4n) is 2.93. The zero-order chi connectivity index (χ0) is 24.7. The van der Waals surface area contributed by atoms with Crippen LogP contribution in [0.25, 0.3) is 6.08 Å². The lowest BCUT2D eigenvalue weighted by atomic mass is 10.1. The van der Waals surface area contributed by atoms with Crippen molar-refractivity contribution in [2.24, 2.45) is 0 Å². The fourth-order valence-corrected chi connectivity index (χ4v) is 4.00. The summed E-state index contributed by atoms with van der Waals surface area (Å²) in [6.07, 6.45) is 1.40. The Morgan fingerprint density at radius 1 is 1.00 bits per heavy atom. The lowest BCUT2D eigenvalue weighted by Crippen LogP contribution is -2.23. The van der Waals surface area contributed by atoms with Gasteiger partial charge in [-0.25, -0.2) is 0 Å². The van der Waals surface area contributed by atoms with Gasteiger partial charge in [0, 0.05) is 22.2 Å². The van der Waals surface area contributed by atoms with Gasteiger partial charge in [0.25, 0.3) is 5.91 Å². The van der Waals surface area contributed by atoms with E-state index in [1.54, 1.807) is 49.6 Å². The van der Waals surface area contributed by atoms with Gasteiger partial charge in [-0.3, -0.25) is 4.79 Å². The van der Waals surface area contributed by atoms with E-state index in [4.69, 9.17) is 55.9 Å². The second-order valence-electron chi connectivity index (χ2n) is 7.04. The molecule has 174 valence electrons. The lowest BCUT2D eigenvalue weighted by Gasteiger charge is -2.12. The molecule has 3 aromatic carbocycles. The highest BCUT2D eigenvalue weighted by Gasteiger charge is 2.14. The molecule has 0 aliphatic carbocycles. The van der Waals surface area contributed by atoms with Gasteiger partial charge in [-0.05, 0) is 53.6 Å². The summed E-state index contributed by atoms with van der Waals surface area (Å²) in [5.41, 5.74) is 1.95. The van der Waals surface area contributed by atoms with Crippen molar-refractivity contribution < 1.29 is 14.3 Å². The van der Waals surface area contributed by atoms with E-state index in [1.165, 1.54) is 6.08 Å². The number of carbonyl (C=O) groups is 1. The molecule has 3 rings (SSSR count). The number of rotatable bonds is 8. The zero-order valence-corrected chi connectivity index (χ0v) is 20.9. The van der Waals surface area contributed by atoms with Crippen LogP contribution in [-0.2, 0) is 17.9 Å². The first-order valence-corrected chi connectivity index (χ1v) is 11.4. The highest BCUT2D eigenvalue weighted by atomic mass is 35.5. The molecule has 0 atom stereocenters. The topological polar surface area (TPSA) is 71.3 Å². The van der Waals surface area contributed by atoms with Crippen LogP contribution in [0.15, 0.2) is 60.2 Å². The van der Waals surface area contributed by atoms with E-state index < -0.39 is 5.91 Å². The predicted octanol–water partition coefficient (Wildman–Crippen LogP) is 7.11. The summed E-state index contributed by atoms with van der Waals surface area (Å²) >= 11 is 24.8. The Balaban J connectivity index is 1.70. The number of halogens is 4. The van der Waals surface area contributed by atoms with Crippen molar-refractivity contribution in [3.05, 3.63) is 97.0 Å². The Labute approximate surface area is 217 Å². The van der Waals surface area contributed by atoms with Gasteiger partial charge >= 0.3 is 0 Å². The number of nitrogens with zero attached hydrogens (tertiary/aromatic N) is 1. The van der Waals surface area contributed by atoms with E-state index in [0.717, 1.165) is 5.56 Å². The van der Waals surface area contributed by atoms with E-state index in [-0.39, 0.29) is 34.5 Å². The molecule has 1 N–H and O–H groups in total. The van der Waals surface area contributed by atoms with Crippen LogP contribution in [0.2, 0.25) is 20.1 Å². The Bertz CT molecular complexity index is 1250. The fraction of sp³-hybridized carbons (Fsp3) is 0.120. The molecule has 0 fully saturated rings. The molecule has 0 saturated heterocycles. The Morgan fingerprint density at radius 2 is 1.68 bits per heavy atom. The molecule has 5 nitrogen and oxygen atoms in total. The number of amides is 1. The summed E-state index contributed by atoms with van der Waals surface area (Å²) in [4.78, 5) is 12.5. The monoisotopic (exact) mass is 534 g/mol. The SMILES string of the molecule is COc1ccc(CNC(=O)/C(C#N)=C\c2cc(Cl)c(OCc3ccc(Cl)cc3Cl)c(Cl)c2)cc1. The van der Waals surface area contributed by atoms with Crippen molar-refractivity contribution in [1.82, 2.24) is 5.32 Å². The largest absolute Gasteiger partial charge is 0.497 e. The van der Waals surface area contributed by atoms with Gasteiger partial charge in [0.2, 0.25) is 0 Å². The van der Waals surface area contributed by atoms with Gasteiger partial charge < -0.3 is 14.8 Å². The van der Waals surface area contributed by atoms with Gasteiger partial charge in [0.1, 0.15) is 24.0 Å². The molecule has 0 aliphatic rings. The average molecular weight is 536 g/mol. The quantitative estimate of drug-likeness (QED) is 0.246. The standard InChI is InChI=1S/C25H18Cl4N2O3/c1-33-20-6-2-15(3-7-20)13-31-25(32)18(12-30)8-16-9-22(28)24(23(29)10-16)34-14-17-4-5-19(26)11-21(17)27/h2-11H,13-14H2,1H3,(H,31,32)/b18-8-. The van der Waals surface area contributed by atoms with Gasteiger partial charge in [0.15, 0.2) is 5.75 Å². The first-order valence-electron chi connectivity index (χ1n) is 9.89. The number of ether oxygens (including phenoxy) is 2. The average Bonchev–Trinajstić information content (AvgIpc) is 2.82. The molecule has 0 radical (unpaired) electrons. The molecule has 0 spiro atoms. The van der Waals surface area contributed by atoms with Crippen LogP contribution in [0, 0.1) is 11.3 Å². The third kappa shape index (κ3) is 6.82. The molecule has 9 heteroatoms. The third-order valence-corrected chi connectivity index (χ3v) is 5.84. The number of hydrogen-bond acceptors (Lipinski definition) is 4. The normalized spacial score (nSPS) is 11.0. The van der Waals surface area contributed by atoms with Crippen LogP contribution in [0.3, 0.4) is 0 Å². The summed E-state index contributed by atoms with van der Waals surface area (Å²) in [5, 5.41) is 13.6. The molecule has 0 aromatic heterocycles. The van der Waals surface area contributed by atoms with Gasteiger partial charge in [-0.2, -0.15) is 5.26 Å². The van der Waals surface area contributed by atoms with E-state index in [9.17, 15) is 10.1 Å². The van der Waals surface area contributed by atoms with Crippen molar-refractivity contribution in [2.45, 2.75) is 13.2 Å². The minimum atomic E-state index is -0.525. The van der Waals surface area contributed by atoms with E-state index in [0.29, 0.717) is 26.9 Å². The van der Waals surface area contributed by atoms with Crippen molar-refractivity contribution in [2.75, 3.05) is 7.11 Å². The maximum absolute atomic E-state index is 12.5. The molecule has 1 amide bonds. The van der Waals surface area contributed by atoms with Crippen LogP contribution < -0.4 is 14.8 Å². The number of nitriles is 1. The summed E-state index contributed by atoms with van der Waals surface area (Å²) in [6, 6.07) is 17.3. The Kier molecular flexibility index (Phi) is 9.09. The van der Waals surface area contributed by atoms with Crippen molar-refractivity contribution >= 4 is 58.4 Å². The summed E-state index contributed by atoms with van der Waals surface area (Å²) in [6.45, 7) is 0.380. The van der Waals surface area contributed by atoms with E-state index >= 15 is 0 Å². The van der Waals surface area contributed by atoms with Gasteiger partial charge in [-0.15, -0.1) is 0 Å². The molecule has 0 saturated carbocycles. The molecule has 0 heterocycles. The molecule has 3 aromatic rings. The maximum Gasteiger partial charge on any atom is 0.262 e. The third-order valence-electron chi connectivity index (χ3n) is 4.70. The molecular formula is C25H18Cl4N2O3. The second kappa shape index (κ2) is 12.0. The Morgan fingerprint density at radius 3 is 2.26 bits per heavy atom. The van der Waals surface area contributed by atoms with Gasteiger partial charge in [0.05, 0.1) is 17.2 Å². The molecule has 0 bridgehead atoms. The molecule has 0 aliphatic heterocycles. The van der Waals surface area contributed by atoms with Crippen molar-refractivity contribution in [3.63, 3.8) is 0 Å². The predicted molar refractivity (Wildman–Crippen MR) is 136 cm³/mol. The van der Waals surface area contributed by atoms with Gasteiger partial charge in [-0.1, -0.05) is 64.6 Å². The summed E-state index contributed by atoms with van der Waals surface area (Å²) < 4.78 is 10.9. The number of nitrogens with one attached hydrogen (secondary N) is 1. The van der Waals surface area contributed by atoms with Crippen molar-refractivity contribution in [3.8, 4) is 17.6 Å². The highest BCUT2D eigenvalue weighted by molar-refractivity contribution is 6.37. The van der Waals surface area contributed by atoms with Crippen LogP contribution in [0.1, 0.15) is 16.7 Å². The molecule has 34 heavy (non-hydrogen) atoms. The minimum Gasteiger partial charge on any atom is -0.497 e. The number of methoxy groups -OCH3 is 1. The first kappa shape index (κ1) is 25.7. The van der Waals surface area contributed by atoms with Crippen LogP contribution in [0.5, 0.6) is 11.5 Å². The van der Waals surface area contributed by atoms with Crippen molar-refractivity contribution in [1.29, 1.82) is 5.26 Å². The first-order chi connectivity index (χ1) is 16.3. The van der Waals surface area contributed by atoms with Crippen LogP contribution >= 0.6 is 46.4 Å². The second-order valence-corrected chi connectivity index (χ2v) is 8.70. The van der Waals surface area contributed by atoms with Crippen LogP contribution in [-0.4, -0.2) is 13.0 Å². The number of hydrogen-bond donors (Lipinski definition) is 1. The zero-order valence-electron chi connectivity index (χ0n) is 17.9. The molecular weight excluding hydrogens is 518 g/mol. The summed E-state index contributed by atoms with van der Waals surface area (Å²) in [7, 11) is 1.58. The number of benzene rings is 3. The highest BCUT2D eigenvalue weighted by Crippen LogP contribution is 2.36. The molecule has 0 unspecified atom stereocenters. The smallest absolute Gasteiger partial charge is 0.262 e. The summed E-state index contributed by atoms with van der Waals surface area (Å²) in [5.74, 6) is 0.447. The van der Waals surface area contributed by atoms with E-state index in [2.05, 4.69) is 5.32 Å². The Hall–Kier alpha value is -2.88. The minimum absolute atomic E-state index is 0.0951. The van der Waals surface area contributed by atoms with E-state index in [1.807, 2.05) is 18.2 Å². The van der Waals surface area contributed by atoms with Crippen LogP contribution in [0.4, 0.5) is 0 Å². The number of carbonyl (C=O) groups excluding carboxylic acids is 1.